The van der Waals surface area contributed by atoms with Gasteiger partial charge in [-0.3, -0.25) is 4.90 Å². The Hall–Kier alpha value is 0.397. The zero-order chi connectivity index (χ0) is 13.2. The number of hydrogen-bond acceptors (Lipinski definition) is 6. The number of fused-ring (bicyclic) bond motifs is 6. The van der Waals surface area contributed by atoms with Gasteiger partial charge in [-0.1, -0.05) is 34.8 Å². The van der Waals surface area contributed by atoms with Gasteiger partial charge in [0.15, 0.2) is 0 Å². The molecule has 6 nitrogen and oxygen atoms in total. The van der Waals surface area contributed by atoms with Gasteiger partial charge >= 0.3 is 15.0 Å². The highest BCUT2D eigenvalue weighted by Crippen LogP contribution is 2.30. The summed E-state index contributed by atoms with van der Waals surface area (Å²) in [6, 6.07) is 0. The average Bonchev–Trinajstić information content (AvgIpc) is 2.17. The Balaban J connectivity index is 2.08. The van der Waals surface area contributed by atoms with Crippen molar-refractivity contribution in [1.29, 1.82) is 0 Å². The summed E-state index contributed by atoms with van der Waals surface area (Å²) >= 11 is 16.4. The lowest BCUT2D eigenvalue weighted by Gasteiger charge is -2.36. The Morgan fingerprint density at radius 3 is 1.89 bits per heavy atom. The number of rotatable bonds is 1. The molecule has 0 aromatic carbocycles. The topological polar surface area (TPSA) is 57.2 Å². The van der Waals surface area contributed by atoms with Crippen molar-refractivity contribution in [2.45, 2.75) is 3.79 Å². The van der Waals surface area contributed by atoms with Crippen molar-refractivity contribution in [3.8, 4) is 0 Å². The van der Waals surface area contributed by atoms with Crippen LogP contribution in [0, 0.1) is 0 Å². The van der Waals surface area contributed by atoms with Gasteiger partial charge in [0, 0.05) is 19.6 Å². The average molecular weight is 337 g/mol. The Bertz CT molecular complexity index is 300. The Morgan fingerprint density at radius 2 is 1.50 bits per heavy atom. The number of carbonyl (C=O) groups excluding carboxylic acids is 1. The van der Waals surface area contributed by atoms with Crippen molar-refractivity contribution >= 4 is 49.8 Å². The third-order valence-electron chi connectivity index (χ3n) is 2.51. The predicted molar refractivity (Wildman–Crippen MR) is 66.4 cm³/mol. The van der Waals surface area contributed by atoms with E-state index in [4.69, 9.17) is 52.5 Å². The molecule has 3 heterocycles. The van der Waals surface area contributed by atoms with Crippen LogP contribution in [-0.2, 0) is 22.5 Å². The van der Waals surface area contributed by atoms with Crippen LogP contribution >= 0.6 is 34.8 Å². The highest BCUT2D eigenvalue weighted by atomic mass is 35.6. The predicted octanol–water partition coefficient (Wildman–Crippen LogP) is 0.714. The summed E-state index contributed by atoms with van der Waals surface area (Å²) in [5.74, 6) is -1.04. The fourth-order valence-electron chi connectivity index (χ4n) is 1.62. The largest absolute Gasteiger partial charge is 0.751 e. The third-order valence-corrected chi connectivity index (χ3v) is 5.08. The van der Waals surface area contributed by atoms with E-state index in [1.54, 1.807) is 0 Å². The smallest absolute Gasteiger partial charge is 0.449 e. The van der Waals surface area contributed by atoms with Gasteiger partial charge in [-0.05, 0) is 0 Å². The van der Waals surface area contributed by atoms with E-state index >= 15 is 0 Å². The van der Waals surface area contributed by atoms with E-state index in [1.165, 1.54) is 0 Å². The van der Waals surface area contributed by atoms with E-state index in [2.05, 4.69) is 4.90 Å². The summed E-state index contributed by atoms with van der Waals surface area (Å²) in [7, 11) is -3.53. The molecule has 3 aliphatic heterocycles. The van der Waals surface area contributed by atoms with Gasteiger partial charge in [0.05, 0.1) is 19.8 Å². The van der Waals surface area contributed by atoms with Gasteiger partial charge < -0.3 is 17.7 Å². The second-order valence-corrected chi connectivity index (χ2v) is 8.13. The number of alkyl halides is 3. The number of nitrogens with zero attached hydrogens (tertiary/aromatic N) is 1. The third kappa shape index (κ3) is 3.70. The molecule has 3 rings (SSSR count). The van der Waals surface area contributed by atoms with Crippen LogP contribution in [0.2, 0.25) is 0 Å². The van der Waals surface area contributed by atoms with E-state index in [9.17, 15) is 4.79 Å². The van der Waals surface area contributed by atoms with Gasteiger partial charge in [-0.2, -0.15) is 0 Å². The molecule has 0 aliphatic carbocycles. The molecule has 2 bridgehead atoms. The van der Waals surface area contributed by atoms with Gasteiger partial charge in [0.1, 0.15) is 0 Å². The fourth-order valence-corrected chi connectivity index (χ4v) is 3.76. The highest BCUT2D eigenvalue weighted by Gasteiger charge is 2.54. The van der Waals surface area contributed by atoms with E-state index in [-0.39, 0.29) is 0 Å². The molecule has 3 saturated heterocycles. The fraction of sp³-hybridized carbons (Fsp3) is 0.875. The maximum absolute atomic E-state index is 11.6. The quantitative estimate of drug-likeness (QED) is 0.519. The SMILES string of the molecule is O=C(O[Si]12OCCN(CCO1)CCO2)C(Cl)(Cl)Cl. The first-order valence-corrected chi connectivity index (χ1v) is 8.12. The Kier molecular flexibility index (Phi) is 4.77. The number of carbonyl (C=O) groups is 1. The van der Waals surface area contributed by atoms with Gasteiger partial charge in [0.25, 0.3) is 3.79 Å². The van der Waals surface area contributed by atoms with Crippen LogP contribution < -0.4 is 0 Å². The molecule has 0 N–H and O–H groups in total. The molecule has 0 saturated carbocycles. The summed E-state index contributed by atoms with van der Waals surface area (Å²) in [4.78, 5) is 13.7. The molecule has 0 unspecified atom stereocenters. The molecule has 3 fully saturated rings. The van der Waals surface area contributed by atoms with Crippen molar-refractivity contribution in [1.82, 2.24) is 4.90 Å². The second kappa shape index (κ2) is 5.80. The lowest BCUT2D eigenvalue weighted by molar-refractivity contribution is -0.147. The van der Waals surface area contributed by atoms with Crippen LogP contribution in [0.1, 0.15) is 0 Å². The molecule has 104 valence electrons. The summed E-state index contributed by atoms with van der Waals surface area (Å²) in [6.07, 6.45) is 0. The van der Waals surface area contributed by atoms with Crippen LogP contribution in [0.15, 0.2) is 0 Å². The van der Waals surface area contributed by atoms with E-state index in [0.29, 0.717) is 19.8 Å². The zero-order valence-electron chi connectivity index (χ0n) is 9.36. The summed E-state index contributed by atoms with van der Waals surface area (Å²) < 4.78 is 19.2. The van der Waals surface area contributed by atoms with Crippen LogP contribution in [0.5, 0.6) is 0 Å². The van der Waals surface area contributed by atoms with Crippen LogP contribution in [0.25, 0.3) is 0 Å². The molecule has 18 heavy (non-hydrogen) atoms. The number of halogens is 3. The summed E-state index contributed by atoms with van der Waals surface area (Å²) in [5, 5.41) is 0. The zero-order valence-corrected chi connectivity index (χ0v) is 12.6. The first-order chi connectivity index (χ1) is 8.41. The van der Waals surface area contributed by atoms with E-state index < -0.39 is 18.8 Å². The molecule has 0 amide bonds. The van der Waals surface area contributed by atoms with Crippen molar-refractivity contribution in [2.75, 3.05) is 39.5 Å². The van der Waals surface area contributed by atoms with E-state index in [0.717, 1.165) is 19.6 Å². The maximum Gasteiger partial charge on any atom is 0.751 e. The lowest BCUT2D eigenvalue weighted by atomic mass is 10.4. The molecular weight excluding hydrogens is 325 g/mol. The minimum atomic E-state index is -3.53. The minimum Gasteiger partial charge on any atom is -0.449 e. The molecule has 0 radical (unpaired) electrons. The first kappa shape index (κ1) is 14.8. The number of hydrogen-bond donors (Lipinski definition) is 0. The van der Waals surface area contributed by atoms with Gasteiger partial charge in [0.2, 0.25) is 0 Å². The molecule has 0 atom stereocenters. The van der Waals surface area contributed by atoms with Gasteiger partial charge in [-0.25, -0.2) is 4.79 Å². The van der Waals surface area contributed by atoms with Crippen molar-refractivity contribution in [3.63, 3.8) is 0 Å². The molecule has 0 aromatic rings. The first-order valence-electron chi connectivity index (χ1n) is 5.36. The molecule has 10 heteroatoms. The molecule has 0 spiro atoms. The van der Waals surface area contributed by atoms with Crippen LogP contribution in [0.4, 0.5) is 0 Å². The summed E-state index contributed by atoms with van der Waals surface area (Å²) in [5.41, 5.74) is 0. The standard InChI is InChI=1S/C8H12Cl3NO5Si/c9-8(10,11)7(13)17-18-14-4-1-12(2-5-15-18)3-6-16-18/h1-6H2. The van der Waals surface area contributed by atoms with Gasteiger partial charge in [-0.15, -0.1) is 0 Å². The van der Waals surface area contributed by atoms with Crippen LogP contribution in [-0.4, -0.2) is 63.2 Å². The highest BCUT2D eigenvalue weighted by molar-refractivity contribution is 6.76. The summed E-state index contributed by atoms with van der Waals surface area (Å²) in [6.45, 7) is 3.23. The van der Waals surface area contributed by atoms with E-state index in [1.807, 2.05) is 0 Å². The molecule has 0 aromatic heterocycles. The monoisotopic (exact) mass is 335 g/mol. The lowest BCUT2D eigenvalue weighted by Crippen LogP contribution is -2.58. The molecule has 3 aliphatic rings. The molecular formula is C8H12Cl3NO5Si. The van der Waals surface area contributed by atoms with Crippen LogP contribution in [0.3, 0.4) is 0 Å². The van der Waals surface area contributed by atoms with Crippen molar-refractivity contribution in [2.24, 2.45) is 0 Å². The Morgan fingerprint density at radius 1 is 1.06 bits per heavy atom. The second-order valence-electron chi connectivity index (χ2n) is 3.77. The minimum absolute atomic E-state index is 0.347. The maximum atomic E-state index is 11.6. The van der Waals surface area contributed by atoms with Crippen molar-refractivity contribution < 1.29 is 22.5 Å². The normalized spacial score (nSPS) is 33.4. The van der Waals surface area contributed by atoms with Crippen molar-refractivity contribution in [3.05, 3.63) is 0 Å². The Labute approximate surface area is 120 Å².